The highest BCUT2D eigenvalue weighted by molar-refractivity contribution is 7.89. The molecule has 0 saturated carbocycles. The van der Waals surface area contributed by atoms with Crippen LogP contribution in [0.15, 0.2) is 29.2 Å². The molecule has 2 aliphatic rings. The summed E-state index contributed by atoms with van der Waals surface area (Å²) in [5, 5.41) is 0. The molecule has 0 spiro atoms. The van der Waals surface area contributed by atoms with Crippen molar-refractivity contribution in [1.82, 2.24) is 9.62 Å². The number of amides is 2. The van der Waals surface area contributed by atoms with Gasteiger partial charge in [-0.15, -0.1) is 0 Å². The van der Waals surface area contributed by atoms with Crippen LogP contribution in [0.25, 0.3) is 0 Å². The van der Waals surface area contributed by atoms with Gasteiger partial charge in [0, 0.05) is 25.4 Å². The van der Waals surface area contributed by atoms with Crippen molar-refractivity contribution in [2.45, 2.75) is 50.5 Å². The second kappa shape index (κ2) is 8.08. The van der Waals surface area contributed by atoms with Crippen LogP contribution in [0.5, 0.6) is 0 Å². The Morgan fingerprint density at radius 1 is 1.07 bits per heavy atom. The minimum Gasteiger partial charge on any atom is -0.299 e. The van der Waals surface area contributed by atoms with Gasteiger partial charge in [-0.2, -0.15) is 0 Å². The lowest BCUT2D eigenvalue weighted by atomic mass is 9.98. The van der Waals surface area contributed by atoms with Crippen molar-refractivity contribution in [3.05, 3.63) is 24.3 Å². The number of sulfonamides is 1. The SMILES string of the molecule is CC1CCN(C(C)CNS(=O)(=O)c2ccc(N3C(=O)CCC3=O)cc2)CC1. The van der Waals surface area contributed by atoms with Crippen LogP contribution in [-0.4, -0.2) is 50.8 Å². The van der Waals surface area contributed by atoms with Crippen molar-refractivity contribution in [3.8, 4) is 0 Å². The molecule has 148 valence electrons. The molecule has 1 N–H and O–H groups in total. The number of hydrogen-bond acceptors (Lipinski definition) is 5. The highest BCUT2D eigenvalue weighted by Crippen LogP contribution is 2.24. The molecule has 1 unspecified atom stereocenters. The molecule has 0 aliphatic carbocycles. The second-order valence-corrected chi connectivity index (χ2v) is 9.30. The summed E-state index contributed by atoms with van der Waals surface area (Å²) in [5.41, 5.74) is 0.414. The van der Waals surface area contributed by atoms with E-state index in [1.165, 1.54) is 24.3 Å². The van der Waals surface area contributed by atoms with E-state index in [2.05, 4.69) is 16.5 Å². The first kappa shape index (κ1) is 20.0. The Labute approximate surface area is 160 Å². The number of benzene rings is 1. The Bertz CT molecular complexity index is 783. The number of carbonyl (C=O) groups excluding carboxylic acids is 2. The van der Waals surface area contributed by atoms with Gasteiger partial charge in [-0.3, -0.25) is 19.4 Å². The third-order valence-electron chi connectivity index (χ3n) is 5.47. The van der Waals surface area contributed by atoms with Crippen molar-refractivity contribution < 1.29 is 18.0 Å². The molecule has 27 heavy (non-hydrogen) atoms. The molecular formula is C19H27N3O4S. The summed E-state index contributed by atoms with van der Waals surface area (Å²) < 4.78 is 27.8. The molecule has 0 radical (unpaired) electrons. The zero-order valence-electron chi connectivity index (χ0n) is 15.8. The van der Waals surface area contributed by atoms with Crippen LogP contribution in [0.1, 0.15) is 39.5 Å². The van der Waals surface area contributed by atoms with E-state index in [0.29, 0.717) is 12.2 Å². The molecule has 1 aromatic carbocycles. The molecule has 2 saturated heterocycles. The summed E-state index contributed by atoms with van der Waals surface area (Å²) >= 11 is 0. The molecule has 7 nitrogen and oxygen atoms in total. The largest absolute Gasteiger partial charge is 0.299 e. The summed E-state index contributed by atoms with van der Waals surface area (Å²) in [6, 6.07) is 6.01. The normalized spacial score (nSPS) is 21.0. The van der Waals surface area contributed by atoms with Crippen LogP contribution >= 0.6 is 0 Å². The summed E-state index contributed by atoms with van der Waals surface area (Å²) in [7, 11) is -3.64. The van der Waals surface area contributed by atoms with E-state index in [0.717, 1.165) is 36.7 Å². The third kappa shape index (κ3) is 4.56. The zero-order chi connectivity index (χ0) is 19.6. The van der Waals surface area contributed by atoms with Gasteiger partial charge in [-0.25, -0.2) is 13.1 Å². The molecule has 2 heterocycles. The summed E-state index contributed by atoms with van der Waals surface area (Å²) in [6.45, 7) is 6.62. The van der Waals surface area contributed by atoms with E-state index < -0.39 is 10.0 Å². The Kier molecular flexibility index (Phi) is 5.98. The molecular weight excluding hydrogens is 366 g/mol. The van der Waals surface area contributed by atoms with Crippen molar-refractivity contribution in [1.29, 1.82) is 0 Å². The Morgan fingerprint density at radius 2 is 1.63 bits per heavy atom. The molecule has 2 amide bonds. The Morgan fingerprint density at radius 3 is 2.19 bits per heavy atom. The number of piperidine rings is 1. The maximum Gasteiger partial charge on any atom is 0.240 e. The highest BCUT2D eigenvalue weighted by Gasteiger charge is 2.30. The van der Waals surface area contributed by atoms with Crippen molar-refractivity contribution >= 4 is 27.5 Å². The van der Waals surface area contributed by atoms with E-state index in [-0.39, 0.29) is 35.6 Å². The monoisotopic (exact) mass is 393 g/mol. The molecule has 8 heteroatoms. The number of hydrogen-bond donors (Lipinski definition) is 1. The number of nitrogens with one attached hydrogen (secondary N) is 1. The lowest BCUT2D eigenvalue weighted by molar-refractivity contribution is -0.121. The number of anilines is 1. The van der Waals surface area contributed by atoms with Crippen LogP contribution in [0.4, 0.5) is 5.69 Å². The highest BCUT2D eigenvalue weighted by atomic mass is 32.2. The first-order valence-electron chi connectivity index (χ1n) is 9.47. The van der Waals surface area contributed by atoms with E-state index in [9.17, 15) is 18.0 Å². The third-order valence-corrected chi connectivity index (χ3v) is 6.91. The van der Waals surface area contributed by atoms with Crippen LogP contribution in [-0.2, 0) is 19.6 Å². The number of imide groups is 1. The Hall–Kier alpha value is -1.77. The fourth-order valence-corrected chi connectivity index (χ4v) is 4.67. The molecule has 2 aliphatic heterocycles. The van der Waals surface area contributed by atoms with Gasteiger partial charge in [-0.05, 0) is 63.0 Å². The van der Waals surface area contributed by atoms with Crippen LogP contribution < -0.4 is 9.62 Å². The van der Waals surface area contributed by atoms with Gasteiger partial charge in [0.05, 0.1) is 10.6 Å². The minimum atomic E-state index is -3.64. The van der Waals surface area contributed by atoms with Gasteiger partial charge in [0.15, 0.2) is 0 Å². The molecule has 0 aromatic heterocycles. The standard InChI is InChI=1S/C19H27N3O4S/c1-14-9-11-21(12-10-14)15(2)13-20-27(25,26)17-5-3-16(4-6-17)22-18(23)7-8-19(22)24/h3-6,14-15,20H,7-13H2,1-2H3. The topological polar surface area (TPSA) is 86.8 Å². The summed E-state index contributed by atoms with van der Waals surface area (Å²) in [4.78, 5) is 27.1. The molecule has 1 atom stereocenters. The van der Waals surface area contributed by atoms with E-state index in [1.807, 2.05) is 6.92 Å². The quantitative estimate of drug-likeness (QED) is 0.744. The minimum absolute atomic E-state index is 0.129. The molecule has 1 aromatic rings. The molecule has 0 bridgehead atoms. The van der Waals surface area contributed by atoms with Crippen molar-refractivity contribution in [3.63, 3.8) is 0 Å². The average Bonchev–Trinajstić information content (AvgIpc) is 2.99. The summed E-state index contributed by atoms with van der Waals surface area (Å²) in [6.07, 6.45) is 2.69. The zero-order valence-corrected chi connectivity index (χ0v) is 16.7. The van der Waals surface area contributed by atoms with Gasteiger partial charge in [0.25, 0.3) is 0 Å². The number of likely N-dealkylation sites (tertiary alicyclic amines) is 1. The van der Waals surface area contributed by atoms with Crippen molar-refractivity contribution in [2.75, 3.05) is 24.5 Å². The first-order valence-corrected chi connectivity index (χ1v) is 11.0. The average molecular weight is 394 g/mol. The molecule has 2 fully saturated rings. The lowest BCUT2D eigenvalue weighted by Crippen LogP contribution is -2.45. The van der Waals surface area contributed by atoms with Gasteiger partial charge in [0.2, 0.25) is 21.8 Å². The van der Waals surface area contributed by atoms with Crippen molar-refractivity contribution in [2.24, 2.45) is 5.92 Å². The predicted octanol–water partition coefficient (Wildman–Crippen LogP) is 1.74. The number of carbonyl (C=O) groups is 2. The number of rotatable bonds is 6. The van der Waals surface area contributed by atoms with Gasteiger partial charge < -0.3 is 0 Å². The smallest absolute Gasteiger partial charge is 0.240 e. The number of nitrogens with zero attached hydrogens (tertiary/aromatic N) is 2. The van der Waals surface area contributed by atoms with E-state index >= 15 is 0 Å². The van der Waals surface area contributed by atoms with Crippen LogP contribution in [0, 0.1) is 5.92 Å². The van der Waals surface area contributed by atoms with Crippen LogP contribution in [0.2, 0.25) is 0 Å². The summed E-state index contributed by atoms with van der Waals surface area (Å²) in [5.74, 6) is 0.231. The lowest BCUT2D eigenvalue weighted by Gasteiger charge is -2.34. The fraction of sp³-hybridized carbons (Fsp3) is 0.579. The molecule has 3 rings (SSSR count). The fourth-order valence-electron chi connectivity index (χ4n) is 3.55. The predicted molar refractivity (Wildman–Crippen MR) is 103 cm³/mol. The maximum atomic E-state index is 12.6. The van der Waals surface area contributed by atoms with Crippen LogP contribution in [0.3, 0.4) is 0 Å². The maximum absolute atomic E-state index is 12.6. The van der Waals surface area contributed by atoms with Gasteiger partial charge in [-0.1, -0.05) is 6.92 Å². The van der Waals surface area contributed by atoms with Gasteiger partial charge in [0.1, 0.15) is 0 Å². The van der Waals surface area contributed by atoms with E-state index in [1.54, 1.807) is 0 Å². The second-order valence-electron chi connectivity index (χ2n) is 7.54. The Balaban J connectivity index is 1.61. The first-order chi connectivity index (χ1) is 12.8. The van der Waals surface area contributed by atoms with Gasteiger partial charge >= 0.3 is 0 Å². The van der Waals surface area contributed by atoms with E-state index in [4.69, 9.17) is 0 Å².